The summed E-state index contributed by atoms with van der Waals surface area (Å²) in [6.45, 7) is 3.51. The van der Waals surface area contributed by atoms with E-state index in [0.717, 1.165) is 27.2 Å². The van der Waals surface area contributed by atoms with E-state index < -0.39 is 42.4 Å². The van der Waals surface area contributed by atoms with Crippen molar-refractivity contribution < 1.29 is 34.1 Å². The molecule has 0 aliphatic heterocycles. The number of nitrogens with one attached hydrogen (secondary N) is 1. The number of carbonyl (C=O) groups excluding carboxylic acids is 2. The molecule has 9 nitrogen and oxygen atoms in total. The van der Waals surface area contributed by atoms with E-state index >= 15 is 0 Å². The molecular weight excluding hydrogens is 452 g/mol. The first-order valence-electron chi connectivity index (χ1n) is 11.4. The molecule has 0 saturated heterocycles. The van der Waals surface area contributed by atoms with Gasteiger partial charge in [-0.15, -0.1) is 0 Å². The summed E-state index contributed by atoms with van der Waals surface area (Å²) < 4.78 is 5.52. The number of hydrogen-bond acceptors (Lipinski definition) is 5. The molecule has 2 atom stereocenters. The van der Waals surface area contributed by atoms with Crippen LogP contribution in [0.15, 0.2) is 48.5 Å². The Morgan fingerprint density at radius 1 is 0.971 bits per heavy atom. The van der Waals surface area contributed by atoms with E-state index in [1.807, 2.05) is 48.5 Å². The quantitative estimate of drug-likeness (QED) is 0.473. The van der Waals surface area contributed by atoms with Gasteiger partial charge in [-0.2, -0.15) is 0 Å². The van der Waals surface area contributed by atoms with Crippen molar-refractivity contribution in [3.8, 4) is 11.1 Å². The number of ether oxygens (including phenoxy) is 1. The van der Waals surface area contributed by atoms with Gasteiger partial charge in [-0.1, -0.05) is 62.4 Å². The molecule has 2 amide bonds. The van der Waals surface area contributed by atoms with Gasteiger partial charge in [0.2, 0.25) is 5.91 Å². The molecule has 0 radical (unpaired) electrons. The second-order valence-electron chi connectivity index (χ2n) is 8.93. The van der Waals surface area contributed by atoms with Gasteiger partial charge >= 0.3 is 18.0 Å². The Hall–Kier alpha value is -3.88. The molecule has 2 aromatic carbocycles. The molecule has 0 bridgehead atoms. The Morgan fingerprint density at radius 3 is 2.00 bits per heavy atom. The van der Waals surface area contributed by atoms with Crippen molar-refractivity contribution in [2.45, 2.75) is 44.7 Å². The number of rotatable bonds is 10. The highest BCUT2D eigenvalue weighted by Gasteiger charge is 2.35. The second-order valence-corrected chi connectivity index (χ2v) is 8.93. The molecular formula is C26H30N2O7. The minimum atomic E-state index is -1.33. The first kappa shape index (κ1) is 25.7. The van der Waals surface area contributed by atoms with Crippen LogP contribution >= 0.6 is 0 Å². The third kappa shape index (κ3) is 5.79. The zero-order chi connectivity index (χ0) is 25.7. The monoisotopic (exact) mass is 482 g/mol. The van der Waals surface area contributed by atoms with Crippen LogP contribution in [-0.2, 0) is 19.1 Å². The van der Waals surface area contributed by atoms with Gasteiger partial charge in [0.15, 0.2) is 0 Å². The maximum atomic E-state index is 13.0. The van der Waals surface area contributed by atoms with E-state index in [1.165, 1.54) is 7.05 Å². The maximum Gasteiger partial charge on any atom is 0.407 e. The van der Waals surface area contributed by atoms with Gasteiger partial charge in [0.1, 0.15) is 18.7 Å². The number of likely N-dealkylation sites (N-methyl/N-ethyl adjacent to an activating group) is 1. The van der Waals surface area contributed by atoms with Crippen LogP contribution in [0.3, 0.4) is 0 Å². The van der Waals surface area contributed by atoms with E-state index in [-0.39, 0.29) is 24.9 Å². The smallest absolute Gasteiger partial charge is 0.407 e. The van der Waals surface area contributed by atoms with Crippen LogP contribution in [0.5, 0.6) is 0 Å². The minimum Gasteiger partial charge on any atom is -0.481 e. The minimum absolute atomic E-state index is 0.0745. The predicted octanol–water partition coefficient (Wildman–Crippen LogP) is 3.33. The fraction of sp³-hybridized carbons (Fsp3) is 0.385. The summed E-state index contributed by atoms with van der Waals surface area (Å²) in [5, 5.41) is 20.9. The summed E-state index contributed by atoms with van der Waals surface area (Å²) in [4.78, 5) is 49.2. The van der Waals surface area contributed by atoms with E-state index in [2.05, 4.69) is 5.32 Å². The van der Waals surface area contributed by atoms with Crippen LogP contribution in [0.25, 0.3) is 11.1 Å². The Labute approximate surface area is 203 Å². The molecule has 0 heterocycles. The summed E-state index contributed by atoms with van der Waals surface area (Å²) in [6.07, 6.45) is -1.44. The lowest BCUT2D eigenvalue weighted by atomic mass is 9.98. The summed E-state index contributed by atoms with van der Waals surface area (Å²) in [6, 6.07) is 13.5. The molecule has 35 heavy (non-hydrogen) atoms. The molecule has 1 aliphatic rings. The predicted molar refractivity (Wildman–Crippen MR) is 128 cm³/mol. The lowest BCUT2D eigenvalue weighted by molar-refractivity contribution is -0.151. The Kier molecular flexibility index (Phi) is 8.11. The highest BCUT2D eigenvalue weighted by molar-refractivity contribution is 5.89. The molecule has 0 saturated carbocycles. The van der Waals surface area contributed by atoms with Crippen LogP contribution < -0.4 is 5.32 Å². The average molecular weight is 483 g/mol. The van der Waals surface area contributed by atoms with Gasteiger partial charge < -0.3 is 25.2 Å². The van der Waals surface area contributed by atoms with Crippen molar-refractivity contribution in [3.05, 3.63) is 59.7 Å². The van der Waals surface area contributed by atoms with Gasteiger partial charge in [0.25, 0.3) is 0 Å². The van der Waals surface area contributed by atoms with Crippen LogP contribution in [-0.4, -0.2) is 64.8 Å². The fourth-order valence-electron chi connectivity index (χ4n) is 4.40. The highest BCUT2D eigenvalue weighted by atomic mass is 16.5. The van der Waals surface area contributed by atoms with Crippen molar-refractivity contribution in [2.24, 2.45) is 5.92 Å². The van der Waals surface area contributed by atoms with Gasteiger partial charge in [0, 0.05) is 19.4 Å². The van der Waals surface area contributed by atoms with Crippen LogP contribution in [0.1, 0.15) is 43.7 Å². The molecule has 1 aliphatic carbocycles. The summed E-state index contributed by atoms with van der Waals surface area (Å²) >= 11 is 0. The largest absolute Gasteiger partial charge is 0.481 e. The van der Waals surface area contributed by atoms with Crippen LogP contribution in [0.2, 0.25) is 0 Å². The highest BCUT2D eigenvalue weighted by Crippen LogP contribution is 2.44. The third-order valence-corrected chi connectivity index (χ3v) is 6.28. The van der Waals surface area contributed by atoms with Gasteiger partial charge in [0.05, 0.1) is 0 Å². The number of fused-ring (bicyclic) bond motifs is 3. The number of amides is 2. The number of alkyl carbamates (subject to hydrolysis) is 1. The molecule has 0 fully saturated rings. The first-order chi connectivity index (χ1) is 16.6. The summed E-state index contributed by atoms with van der Waals surface area (Å²) in [5.41, 5.74) is 4.30. The van der Waals surface area contributed by atoms with Crippen molar-refractivity contribution in [1.82, 2.24) is 10.2 Å². The number of carboxylic acids is 2. The zero-order valence-corrected chi connectivity index (χ0v) is 19.9. The van der Waals surface area contributed by atoms with E-state index in [0.29, 0.717) is 0 Å². The molecule has 2 aromatic rings. The normalized spacial score (nSPS) is 13.9. The molecule has 0 spiro atoms. The maximum absolute atomic E-state index is 13.0. The number of hydrogen-bond donors (Lipinski definition) is 3. The molecule has 0 aromatic heterocycles. The van der Waals surface area contributed by atoms with E-state index in [4.69, 9.17) is 9.84 Å². The number of aliphatic carboxylic acids is 2. The molecule has 0 unspecified atom stereocenters. The topological polar surface area (TPSA) is 133 Å². The van der Waals surface area contributed by atoms with Crippen molar-refractivity contribution in [2.75, 3.05) is 13.7 Å². The number of carboxylic acid groups (broad SMARTS) is 2. The lowest BCUT2D eigenvalue weighted by Crippen LogP contribution is -2.54. The Balaban J connectivity index is 1.68. The zero-order valence-electron chi connectivity index (χ0n) is 19.9. The van der Waals surface area contributed by atoms with Crippen molar-refractivity contribution in [3.63, 3.8) is 0 Å². The number of carbonyl (C=O) groups is 4. The van der Waals surface area contributed by atoms with Gasteiger partial charge in [-0.25, -0.2) is 9.59 Å². The van der Waals surface area contributed by atoms with Gasteiger partial charge in [-0.05, 0) is 34.6 Å². The average Bonchev–Trinajstić information content (AvgIpc) is 3.14. The second kappa shape index (κ2) is 11.0. The number of benzene rings is 2. The summed E-state index contributed by atoms with van der Waals surface area (Å²) in [7, 11) is 1.29. The Morgan fingerprint density at radius 2 is 1.51 bits per heavy atom. The van der Waals surface area contributed by atoms with E-state index in [1.54, 1.807) is 13.8 Å². The SMILES string of the molecule is CC(C)[C@H](NC(=O)OCC1c2ccccc2-c2ccccc21)C(=O)N(C)[C@@H](CCC(=O)O)C(=O)O. The Bertz CT molecular complexity index is 1070. The van der Waals surface area contributed by atoms with Crippen LogP contribution in [0, 0.1) is 5.92 Å². The molecule has 186 valence electrons. The fourth-order valence-corrected chi connectivity index (χ4v) is 4.40. The number of nitrogens with zero attached hydrogens (tertiary/aromatic N) is 1. The first-order valence-corrected chi connectivity index (χ1v) is 11.4. The van der Waals surface area contributed by atoms with E-state index in [9.17, 15) is 24.3 Å². The standard InChI is InChI=1S/C26H30N2O7/c1-15(2)23(24(31)28(3)21(25(32)33)12-13-22(29)30)27-26(34)35-14-20-18-10-6-4-8-16(18)17-9-5-7-11-19(17)20/h4-11,15,20-21,23H,12-14H2,1-3H3,(H,27,34)(H,29,30)(H,32,33)/t21-,23-/m0/s1. The molecule has 3 rings (SSSR count). The van der Waals surface area contributed by atoms with Crippen molar-refractivity contribution in [1.29, 1.82) is 0 Å². The lowest BCUT2D eigenvalue weighted by Gasteiger charge is -2.30. The molecule has 3 N–H and O–H groups in total. The molecule has 9 heteroatoms. The van der Waals surface area contributed by atoms with Gasteiger partial charge in [-0.3, -0.25) is 9.59 Å². The van der Waals surface area contributed by atoms with Crippen molar-refractivity contribution >= 4 is 23.9 Å². The summed E-state index contributed by atoms with van der Waals surface area (Å²) in [5.74, 6) is -3.61. The third-order valence-electron chi connectivity index (χ3n) is 6.28. The van der Waals surface area contributed by atoms with Crippen LogP contribution in [0.4, 0.5) is 4.79 Å².